The number of pyridine rings is 1. The zero-order valence-electron chi connectivity index (χ0n) is 8.99. The molecule has 92 valence electrons. The van der Waals surface area contributed by atoms with Crippen molar-refractivity contribution in [2.24, 2.45) is 5.73 Å². The summed E-state index contributed by atoms with van der Waals surface area (Å²) in [6.45, 7) is 1.82. The molecule has 0 spiro atoms. The van der Waals surface area contributed by atoms with E-state index in [2.05, 4.69) is 15.0 Å². The van der Waals surface area contributed by atoms with Gasteiger partial charge in [0.2, 0.25) is 5.95 Å². The number of hydrogen-bond acceptors (Lipinski definition) is 4. The summed E-state index contributed by atoms with van der Waals surface area (Å²) in [5.74, 6) is -0.992. The van der Waals surface area contributed by atoms with Gasteiger partial charge in [-0.25, -0.2) is 14.6 Å². The SMILES string of the molecule is CCOC(=O)Nc1ccc(NC(N)=O)c(F)n1. The van der Waals surface area contributed by atoms with E-state index in [0.29, 0.717) is 0 Å². The molecule has 0 saturated carbocycles. The van der Waals surface area contributed by atoms with Crippen LogP contribution in [0.25, 0.3) is 0 Å². The topological polar surface area (TPSA) is 106 Å². The molecule has 0 aliphatic rings. The zero-order valence-corrected chi connectivity index (χ0v) is 8.99. The van der Waals surface area contributed by atoms with Gasteiger partial charge < -0.3 is 15.8 Å². The van der Waals surface area contributed by atoms with Gasteiger partial charge in [-0.3, -0.25) is 5.32 Å². The maximum atomic E-state index is 13.3. The molecule has 3 amide bonds. The molecule has 1 rings (SSSR count). The molecule has 0 aliphatic heterocycles. The highest BCUT2D eigenvalue weighted by atomic mass is 19.1. The number of nitrogens with two attached hydrogens (primary N) is 1. The number of amides is 3. The second kappa shape index (κ2) is 5.64. The van der Waals surface area contributed by atoms with Gasteiger partial charge in [-0.1, -0.05) is 0 Å². The third kappa shape index (κ3) is 3.93. The van der Waals surface area contributed by atoms with Gasteiger partial charge in [0.05, 0.1) is 12.3 Å². The number of ether oxygens (including phenoxy) is 1. The summed E-state index contributed by atoms with van der Waals surface area (Å²) in [6.07, 6.45) is -0.741. The number of nitrogens with zero attached hydrogens (tertiary/aromatic N) is 1. The number of urea groups is 1. The molecule has 0 aromatic carbocycles. The molecule has 1 aromatic rings. The van der Waals surface area contributed by atoms with Gasteiger partial charge in [0, 0.05) is 0 Å². The van der Waals surface area contributed by atoms with E-state index < -0.39 is 18.1 Å². The molecule has 1 aromatic heterocycles. The first kappa shape index (κ1) is 12.7. The van der Waals surface area contributed by atoms with E-state index in [-0.39, 0.29) is 18.1 Å². The lowest BCUT2D eigenvalue weighted by Gasteiger charge is -2.06. The summed E-state index contributed by atoms with van der Waals surface area (Å²) in [7, 11) is 0. The van der Waals surface area contributed by atoms with Gasteiger partial charge in [-0.05, 0) is 19.1 Å². The van der Waals surface area contributed by atoms with E-state index in [1.807, 2.05) is 5.32 Å². The molecule has 7 nitrogen and oxygen atoms in total. The number of nitrogens with one attached hydrogen (secondary N) is 2. The highest BCUT2D eigenvalue weighted by Crippen LogP contribution is 2.14. The number of aromatic nitrogens is 1. The van der Waals surface area contributed by atoms with Crippen molar-refractivity contribution < 1.29 is 18.7 Å². The highest BCUT2D eigenvalue weighted by Gasteiger charge is 2.09. The van der Waals surface area contributed by atoms with E-state index in [4.69, 9.17) is 5.73 Å². The van der Waals surface area contributed by atoms with Crippen LogP contribution in [-0.2, 0) is 4.74 Å². The van der Waals surface area contributed by atoms with Crippen LogP contribution in [0.3, 0.4) is 0 Å². The third-order valence-electron chi connectivity index (χ3n) is 1.61. The summed E-state index contributed by atoms with van der Waals surface area (Å²) >= 11 is 0. The number of carbonyl (C=O) groups excluding carboxylic acids is 2. The van der Waals surface area contributed by atoms with Gasteiger partial charge in [0.1, 0.15) is 5.82 Å². The maximum Gasteiger partial charge on any atom is 0.412 e. The Bertz CT molecular complexity index is 438. The number of halogens is 1. The summed E-state index contributed by atoms with van der Waals surface area (Å²) in [4.78, 5) is 24.9. The van der Waals surface area contributed by atoms with Gasteiger partial charge in [-0.2, -0.15) is 4.39 Å². The minimum atomic E-state index is -0.960. The third-order valence-corrected chi connectivity index (χ3v) is 1.61. The molecule has 4 N–H and O–H groups in total. The lowest BCUT2D eigenvalue weighted by Crippen LogP contribution is -2.21. The Kier molecular flexibility index (Phi) is 4.21. The van der Waals surface area contributed by atoms with Gasteiger partial charge in [-0.15, -0.1) is 0 Å². The highest BCUT2D eigenvalue weighted by molar-refractivity contribution is 5.88. The Labute approximate surface area is 96.2 Å². The van der Waals surface area contributed by atoms with E-state index in [0.717, 1.165) is 0 Å². The lowest BCUT2D eigenvalue weighted by atomic mass is 10.4. The van der Waals surface area contributed by atoms with E-state index in [1.165, 1.54) is 12.1 Å². The van der Waals surface area contributed by atoms with Crippen molar-refractivity contribution in [1.29, 1.82) is 0 Å². The standard InChI is InChI=1S/C9H11FN4O3/c1-2-17-9(16)14-6-4-3-5(7(10)13-6)12-8(11)15/h3-4H,2H2,1H3,(H3,11,12,15)(H,13,14,16). The molecular formula is C9H11FN4O3. The largest absolute Gasteiger partial charge is 0.450 e. The Hall–Kier alpha value is -2.38. The zero-order chi connectivity index (χ0) is 12.8. The molecule has 0 aliphatic carbocycles. The maximum absolute atomic E-state index is 13.3. The fraction of sp³-hybridized carbons (Fsp3) is 0.222. The van der Waals surface area contributed by atoms with Crippen LogP contribution >= 0.6 is 0 Å². The smallest absolute Gasteiger partial charge is 0.412 e. The quantitative estimate of drug-likeness (QED) is 0.694. The number of hydrogen-bond donors (Lipinski definition) is 3. The first-order valence-electron chi connectivity index (χ1n) is 4.69. The summed E-state index contributed by atoms with van der Waals surface area (Å²) in [5, 5.41) is 4.24. The predicted octanol–water partition coefficient (Wildman–Crippen LogP) is 1.28. The van der Waals surface area contributed by atoms with E-state index in [1.54, 1.807) is 6.92 Å². The minimum absolute atomic E-state index is 0.0315. The van der Waals surface area contributed by atoms with Crippen LogP contribution in [-0.4, -0.2) is 23.7 Å². The average molecular weight is 242 g/mol. The predicted molar refractivity (Wildman–Crippen MR) is 58.0 cm³/mol. The average Bonchev–Trinajstić information content (AvgIpc) is 2.22. The summed E-state index contributed by atoms with van der Waals surface area (Å²) in [6, 6.07) is 1.61. The number of primary amides is 1. The monoisotopic (exact) mass is 242 g/mol. The van der Waals surface area contributed by atoms with Crippen LogP contribution in [0.4, 0.5) is 25.5 Å². The molecule has 1 heterocycles. The molecule has 17 heavy (non-hydrogen) atoms. The van der Waals surface area contributed by atoms with Gasteiger partial charge in [0.25, 0.3) is 0 Å². The van der Waals surface area contributed by atoms with Crippen LogP contribution in [0.5, 0.6) is 0 Å². The van der Waals surface area contributed by atoms with Crippen LogP contribution in [0.1, 0.15) is 6.92 Å². The van der Waals surface area contributed by atoms with Gasteiger partial charge >= 0.3 is 12.1 Å². The van der Waals surface area contributed by atoms with Crippen LogP contribution in [0.2, 0.25) is 0 Å². The molecule has 0 atom stereocenters. The number of carbonyl (C=O) groups is 2. The van der Waals surface area contributed by atoms with Crippen molar-refractivity contribution in [3.8, 4) is 0 Å². The van der Waals surface area contributed by atoms with Crippen molar-refractivity contribution >= 4 is 23.6 Å². The van der Waals surface area contributed by atoms with Crippen molar-refractivity contribution in [3.63, 3.8) is 0 Å². The molecular weight excluding hydrogens is 231 g/mol. The first-order chi connectivity index (χ1) is 8.02. The Morgan fingerprint density at radius 3 is 2.71 bits per heavy atom. The van der Waals surface area contributed by atoms with Crippen LogP contribution in [0, 0.1) is 5.95 Å². The normalized spacial score (nSPS) is 9.53. The number of anilines is 2. The van der Waals surface area contributed by atoms with Crippen LogP contribution < -0.4 is 16.4 Å². The minimum Gasteiger partial charge on any atom is -0.450 e. The van der Waals surface area contributed by atoms with Crippen molar-refractivity contribution in [2.75, 3.05) is 17.2 Å². The Balaban J connectivity index is 2.74. The summed E-state index contributed by atoms with van der Waals surface area (Å²) < 4.78 is 17.9. The first-order valence-corrected chi connectivity index (χ1v) is 4.69. The molecule has 0 radical (unpaired) electrons. The van der Waals surface area contributed by atoms with Crippen molar-refractivity contribution in [1.82, 2.24) is 4.98 Å². The second-order valence-electron chi connectivity index (χ2n) is 2.87. The Morgan fingerprint density at radius 2 is 2.18 bits per heavy atom. The molecule has 0 saturated heterocycles. The number of rotatable bonds is 3. The fourth-order valence-corrected chi connectivity index (χ4v) is 1.00. The van der Waals surface area contributed by atoms with Gasteiger partial charge in [0.15, 0.2) is 0 Å². The lowest BCUT2D eigenvalue weighted by molar-refractivity contribution is 0.168. The summed E-state index contributed by atoms with van der Waals surface area (Å²) in [5.41, 5.74) is 4.64. The van der Waals surface area contributed by atoms with Crippen LogP contribution in [0.15, 0.2) is 12.1 Å². The molecule has 0 bridgehead atoms. The Morgan fingerprint density at radius 1 is 1.47 bits per heavy atom. The second-order valence-corrected chi connectivity index (χ2v) is 2.87. The molecule has 8 heteroatoms. The molecule has 0 fully saturated rings. The fourth-order valence-electron chi connectivity index (χ4n) is 1.00. The van der Waals surface area contributed by atoms with Crippen molar-refractivity contribution in [3.05, 3.63) is 18.1 Å². The van der Waals surface area contributed by atoms with E-state index >= 15 is 0 Å². The molecule has 0 unspecified atom stereocenters. The van der Waals surface area contributed by atoms with E-state index in [9.17, 15) is 14.0 Å². The van der Waals surface area contributed by atoms with Crippen molar-refractivity contribution in [2.45, 2.75) is 6.92 Å².